The van der Waals surface area contributed by atoms with Crippen LogP contribution in [-0.4, -0.2) is 21.4 Å². The zero-order valence-corrected chi connectivity index (χ0v) is 14.3. The first-order valence-corrected chi connectivity index (χ1v) is 8.91. The minimum Gasteiger partial charge on any atom is -0.495 e. The molecule has 0 aromatic heterocycles. The molecule has 7 heteroatoms. The van der Waals surface area contributed by atoms with Crippen LogP contribution >= 0.6 is 0 Å². The van der Waals surface area contributed by atoms with Crippen molar-refractivity contribution in [3.63, 3.8) is 0 Å². The summed E-state index contributed by atoms with van der Waals surface area (Å²) in [6.45, 7) is 1.95. The fourth-order valence-electron chi connectivity index (χ4n) is 2.34. The second-order valence-corrected chi connectivity index (χ2v) is 7.03. The molecule has 1 amide bonds. The average Bonchev–Trinajstić information content (AvgIpc) is 2.54. The van der Waals surface area contributed by atoms with Gasteiger partial charge in [-0.25, -0.2) is 13.6 Å². The van der Waals surface area contributed by atoms with Gasteiger partial charge in [0.25, 0.3) is 0 Å². The number of carbonyl (C=O) groups excluding carboxylic acids is 1. The molecule has 6 nitrogen and oxygen atoms in total. The summed E-state index contributed by atoms with van der Waals surface area (Å²) in [5.74, 6) is 0.151. The molecule has 0 aliphatic heterocycles. The Morgan fingerprint density at radius 1 is 1.21 bits per heavy atom. The number of anilines is 1. The van der Waals surface area contributed by atoms with E-state index < -0.39 is 10.0 Å². The molecule has 0 saturated heterocycles. The van der Waals surface area contributed by atoms with E-state index in [9.17, 15) is 13.2 Å². The predicted octanol–water partition coefficient (Wildman–Crippen LogP) is 2.47. The third-order valence-corrected chi connectivity index (χ3v) is 4.54. The van der Waals surface area contributed by atoms with Gasteiger partial charge in [-0.1, -0.05) is 37.3 Å². The fourth-order valence-corrected chi connectivity index (χ4v) is 2.88. The maximum absolute atomic E-state index is 12.3. The summed E-state index contributed by atoms with van der Waals surface area (Å²) in [7, 11) is -2.42. The molecule has 2 aromatic rings. The monoisotopic (exact) mass is 348 g/mol. The van der Waals surface area contributed by atoms with Gasteiger partial charge < -0.3 is 10.1 Å². The molecule has 2 aromatic carbocycles. The molecule has 2 rings (SSSR count). The number of ether oxygens (including phenoxy) is 1. The number of hydrogen-bond donors (Lipinski definition) is 2. The van der Waals surface area contributed by atoms with Gasteiger partial charge in [0.15, 0.2) is 0 Å². The molecular formula is C17H20N2O4S. The second kappa shape index (κ2) is 7.46. The fraction of sp³-hybridized carbons (Fsp3) is 0.235. The van der Waals surface area contributed by atoms with Gasteiger partial charge in [-0.15, -0.1) is 0 Å². The number of nitrogens with two attached hydrogens (primary N) is 1. The molecule has 24 heavy (non-hydrogen) atoms. The van der Waals surface area contributed by atoms with Crippen molar-refractivity contribution < 1.29 is 17.9 Å². The van der Waals surface area contributed by atoms with Crippen LogP contribution in [0.2, 0.25) is 0 Å². The molecule has 1 unspecified atom stereocenters. The van der Waals surface area contributed by atoms with Gasteiger partial charge in [0, 0.05) is 6.42 Å². The summed E-state index contributed by atoms with van der Waals surface area (Å²) in [5.41, 5.74) is 1.33. The van der Waals surface area contributed by atoms with Crippen molar-refractivity contribution in [2.24, 2.45) is 5.14 Å². The van der Waals surface area contributed by atoms with Crippen LogP contribution in [0.4, 0.5) is 5.69 Å². The summed E-state index contributed by atoms with van der Waals surface area (Å²) in [6, 6.07) is 13.7. The lowest BCUT2D eigenvalue weighted by Gasteiger charge is -2.14. The number of hydrogen-bond acceptors (Lipinski definition) is 4. The van der Waals surface area contributed by atoms with E-state index in [0.29, 0.717) is 5.75 Å². The summed E-state index contributed by atoms with van der Waals surface area (Å²) in [6.07, 6.45) is 0.257. The number of amides is 1. The topological polar surface area (TPSA) is 98.5 Å². The summed E-state index contributed by atoms with van der Waals surface area (Å²) in [4.78, 5) is 12.2. The number of primary sulfonamides is 1. The first kappa shape index (κ1) is 18.0. The number of rotatable bonds is 6. The van der Waals surface area contributed by atoms with Crippen molar-refractivity contribution in [2.75, 3.05) is 12.4 Å². The van der Waals surface area contributed by atoms with Gasteiger partial charge in [-0.3, -0.25) is 4.79 Å². The van der Waals surface area contributed by atoms with Crippen molar-refractivity contribution >= 4 is 21.6 Å². The third-order valence-electron chi connectivity index (χ3n) is 3.63. The normalized spacial score (nSPS) is 12.5. The molecule has 0 bridgehead atoms. The zero-order valence-electron chi connectivity index (χ0n) is 13.5. The molecule has 3 N–H and O–H groups in total. The van der Waals surface area contributed by atoms with Crippen LogP contribution < -0.4 is 15.2 Å². The predicted molar refractivity (Wildman–Crippen MR) is 92.5 cm³/mol. The molecule has 0 fully saturated rings. The Labute approximate surface area is 141 Å². The van der Waals surface area contributed by atoms with Crippen LogP contribution in [0.15, 0.2) is 53.4 Å². The van der Waals surface area contributed by atoms with Crippen LogP contribution in [0.25, 0.3) is 0 Å². The van der Waals surface area contributed by atoms with Crippen molar-refractivity contribution in [3.05, 3.63) is 54.1 Å². The summed E-state index contributed by atoms with van der Waals surface area (Å²) >= 11 is 0. The lowest BCUT2D eigenvalue weighted by atomic mass is 9.97. The van der Waals surface area contributed by atoms with Gasteiger partial charge >= 0.3 is 0 Å². The number of carbonyl (C=O) groups is 1. The van der Waals surface area contributed by atoms with Crippen molar-refractivity contribution in [2.45, 2.75) is 24.2 Å². The van der Waals surface area contributed by atoms with E-state index in [1.165, 1.54) is 25.3 Å². The first-order valence-electron chi connectivity index (χ1n) is 7.37. The number of nitrogens with one attached hydrogen (secondary N) is 1. The molecule has 0 heterocycles. The molecular weight excluding hydrogens is 328 g/mol. The van der Waals surface area contributed by atoms with E-state index in [4.69, 9.17) is 9.88 Å². The summed E-state index contributed by atoms with van der Waals surface area (Å²) < 4.78 is 28.1. The molecule has 0 radical (unpaired) electrons. The average molecular weight is 348 g/mol. The lowest BCUT2D eigenvalue weighted by Crippen LogP contribution is -2.17. The molecule has 128 valence electrons. The van der Waals surface area contributed by atoms with E-state index in [2.05, 4.69) is 5.32 Å². The molecule has 0 spiro atoms. The van der Waals surface area contributed by atoms with Crippen molar-refractivity contribution in [3.8, 4) is 5.75 Å². The van der Waals surface area contributed by atoms with E-state index in [1.54, 1.807) is 0 Å². The Kier molecular flexibility index (Phi) is 5.58. The molecule has 0 aliphatic rings. The molecule has 0 saturated carbocycles. The van der Waals surface area contributed by atoms with Crippen molar-refractivity contribution in [1.82, 2.24) is 0 Å². The number of sulfonamides is 1. The Hall–Kier alpha value is -2.38. The number of methoxy groups -OCH3 is 1. The Balaban J connectivity index is 2.16. The van der Waals surface area contributed by atoms with Gasteiger partial charge in [-0.2, -0.15) is 0 Å². The Morgan fingerprint density at radius 2 is 1.88 bits per heavy atom. The minimum atomic E-state index is -3.86. The maximum Gasteiger partial charge on any atom is 0.238 e. The highest BCUT2D eigenvalue weighted by atomic mass is 32.2. The van der Waals surface area contributed by atoms with Crippen LogP contribution in [0.1, 0.15) is 24.8 Å². The third kappa shape index (κ3) is 4.56. The van der Waals surface area contributed by atoms with Gasteiger partial charge in [0.05, 0.1) is 17.7 Å². The summed E-state index contributed by atoms with van der Waals surface area (Å²) in [5, 5.41) is 7.81. The quantitative estimate of drug-likeness (QED) is 0.838. The van der Waals surface area contributed by atoms with E-state index in [-0.39, 0.29) is 28.8 Å². The maximum atomic E-state index is 12.3. The Bertz CT molecular complexity index is 820. The van der Waals surface area contributed by atoms with Crippen LogP contribution in [0, 0.1) is 0 Å². The molecule has 0 aliphatic carbocycles. The first-order chi connectivity index (χ1) is 11.3. The highest BCUT2D eigenvalue weighted by Gasteiger charge is 2.16. The van der Waals surface area contributed by atoms with Gasteiger partial charge in [-0.05, 0) is 29.7 Å². The largest absolute Gasteiger partial charge is 0.495 e. The SMILES string of the molecule is COc1ccc(S(N)(=O)=O)cc1NC(=O)CC(C)c1ccccc1. The Morgan fingerprint density at radius 3 is 2.46 bits per heavy atom. The van der Waals surface area contributed by atoms with E-state index >= 15 is 0 Å². The standard InChI is InChI=1S/C17H20N2O4S/c1-12(13-6-4-3-5-7-13)10-17(20)19-15-11-14(24(18,21)22)8-9-16(15)23-2/h3-9,11-12H,10H2,1-2H3,(H,19,20)(H2,18,21,22). The number of benzene rings is 2. The smallest absolute Gasteiger partial charge is 0.238 e. The lowest BCUT2D eigenvalue weighted by molar-refractivity contribution is -0.116. The van der Waals surface area contributed by atoms with Crippen LogP contribution in [0.5, 0.6) is 5.75 Å². The van der Waals surface area contributed by atoms with Gasteiger partial charge in [0.2, 0.25) is 15.9 Å². The minimum absolute atomic E-state index is 0.0265. The second-order valence-electron chi connectivity index (χ2n) is 5.47. The zero-order chi connectivity index (χ0) is 17.7. The van der Waals surface area contributed by atoms with Crippen LogP contribution in [0.3, 0.4) is 0 Å². The van der Waals surface area contributed by atoms with Gasteiger partial charge in [0.1, 0.15) is 5.75 Å². The highest BCUT2D eigenvalue weighted by Crippen LogP contribution is 2.28. The molecule has 1 atom stereocenters. The van der Waals surface area contributed by atoms with Crippen LogP contribution in [-0.2, 0) is 14.8 Å². The van der Waals surface area contributed by atoms with Crippen molar-refractivity contribution in [1.29, 1.82) is 0 Å². The van der Waals surface area contributed by atoms with E-state index in [1.807, 2.05) is 37.3 Å². The van der Waals surface area contributed by atoms with E-state index in [0.717, 1.165) is 5.56 Å². The highest BCUT2D eigenvalue weighted by molar-refractivity contribution is 7.89.